The topological polar surface area (TPSA) is 20.3 Å². The monoisotopic (exact) mass is 387 g/mol. The van der Waals surface area contributed by atoms with E-state index in [4.69, 9.17) is 0 Å². The third-order valence-corrected chi connectivity index (χ3v) is 5.05. The van der Waals surface area contributed by atoms with E-state index in [0.29, 0.717) is 5.92 Å². The summed E-state index contributed by atoms with van der Waals surface area (Å²) in [6, 6.07) is 5.86. The minimum absolute atomic E-state index is 0.167. The maximum atomic E-state index is 12.5. The van der Waals surface area contributed by atoms with Gasteiger partial charge in [-0.2, -0.15) is 0 Å². The van der Waals surface area contributed by atoms with Crippen LogP contribution < -0.4 is 0 Å². The van der Waals surface area contributed by atoms with Gasteiger partial charge < -0.3 is 4.90 Å². The van der Waals surface area contributed by atoms with Gasteiger partial charge in [-0.1, -0.05) is 37.9 Å². The van der Waals surface area contributed by atoms with E-state index in [1.54, 1.807) is 0 Å². The van der Waals surface area contributed by atoms with E-state index in [1.807, 2.05) is 30.0 Å². The molecule has 1 heterocycles. The number of rotatable bonds is 3. The van der Waals surface area contributed by atoms with Crippen molar-refractivity contribution in [3.05, 3.63) is 33.8 Å². The quantitative estimate of drug-likeness (QED) is 0.703. The van der Waals surface area contributed by atoms with Crippen LogP contribution >= 0.6 is 31.9 Å². The minimum atomic E-state index is 0.167. The van der Waals surface area contributed by atoms with E-state index in [0.717, 1.165) is 46.9 Å². The lowest BCUT2D eigenvalue weighted by Gasteiger charge is -2.32. The molecule has 1 unspecified atom stereocenters. The second-order valence-corrected chi connectivity index (χ2v) is 6.85. The molecular formula is C15H19Br2NO. The molecule has 0 N–H and O–H groups in total. The molecule has 19 heavy (non-hydrogen) atoms. The second kappa shape index (κ2) is 6.89. The summed E-state index contributed by atoms with van der Waals surface area (Å²) < 4.78 is 1.01. The number of aryl methyl sites for hydroxylation is 1. The van der Waals surface area contributed by atoms with Gasteiger partial charge in [-0.3, -0.25) is 4.79 Å². The second-order valence-electron chi connectivity index (χ2n) is 5.20. The Kier molecular flexibility index (Phi) is 5.46. The molecule has 1 aromatic carbocycles. The lowest BCUT2D eigenvalue weighted by atomic mass is 9.95. The summed E-state index contributed by atoms with van der Waals surface area (Å²) >= 11 is 6.99. The summed E-state index contributed by atoms with van der Waals surface area (Å²) in [5.41, 5.74) is 1.95. The number of alkyl halides is 1. The van der Waals surface area contributed by atoms with Crippen molar-refractivity contribution in [3.8, 4) is 0 Å². The Morgan fingerprint density at radius 3 is 2.95 bits per heavy atom. The molecule has 0 saturated carbocycles. The first-order valence-electron chi connectivity index (χ1n) is 6.73. The van der Waals surface area contributed by atoms with Gasteiger partial charge in [0.15, 0.2) is 0 Å². The van der Waals surface area contributed by atoms with E-state index in [1.165, 1.54) is 6.42 Å². The SMILES string of the molecule is Cc1ccc(C(=O)N2CCCC(CCBr)C2)cc1Br. The van der Waals surface area contributed by atoms with Gasteiger partial charge in [-0.25, -0.2) is 0 Å². The Balaban J connectivity index is 2.08. The van der Waals surface area contributed by atoms with Crippen LogP contribution in [-0.2, 0) is 0 Å². The molecule has 1 aliphatic heterocycles. The summed E-state index contributed by atoms with van der Waals surface area (Å²) in [6.45, 7) is 3.82. The van der Waals surface area contributed by atoms with Crippen LogP contribution in [0.3, 0.4) is 0 Å². The number of carbonyl (C=O) groups is 1. The molecule has 4 heteroatoms. The van der Waals surface area contributed by atoms with Crippen molar-refractivity contribution in [3.63, 3.8) is 0 Å². The van der Waals surface area contributed by atoms with Crippen molar-refractivity contribution < 1.29 is 4.79 Å². The van der Waals surface area contributed by atoms with Crippen LogP contribution in [0, 0.1) is 12.8 Å². The molecule has 0 aliphatic carbocycles. The number of benzene rings is 1. The van der Waals surface area contributed by atoms with Gasteiger partial charge >= 0.3 is 0 Å². The van der Waals surface area contributed by atoms with E-state index in [9.17, 15) is 4.79 Å². The van der Waals surface area contributed by atoms with E-state index >= 15 is 0 Å². The smallest absolute Gasteiger partial charge is 0.253 e. The molecule has 0 spiro atoms. The standard InChI is InChI=1S/C15H19Br2NO/c1-11-4-5-13(9-14(11)17)15(19)18-8-2-3-12(10-18)6-7-16/h4-5,9,12H,2-3,6-8,10H2,1H3. The first-order valence-corrected chi connectivity index (χ1v) is 8.64. The number of hydrogen-bond acceptors (Lipinski definition) is 1. The van der Waals surface area contributed by atoms with Crippen molar-refractivity contribution in [2.24, 2.45) is 5.92 Å². The van der Waals surface area contributed by atoms with Crippen molar-refractivity contribution in [2.45, 2.75) is 26.2 Å². The van der Waals surface area contributed by atoms with Gasteiger partial charge in [-0.05, 0) is 49.8 Å². The zero-order valence-corrected chi connectivity index (χ0v) is 14.3. The average molecular weight is 389 g/mol. The van der Waals surface area contributed by atoms with Gasteiger partial charge in [0.25, 0.3) is 5.91 Å². The third kappa shape index (κ3) is 3.82. The van der Waals surface area contributed by atoms with Crippen molar-refractivity contribution in [1.29, 1.82) is 0 Å². The van der Waals surface area contributed by atoms with Crippen molar-refractivity contribution in [1.82, 2.24) is 4.90 Å². The van der Waals surface area contributed by atoms with E-state index in [-0.39, 0.29) is 5.91 Å². The van der Waals surface area contributed by atoms with Crippen LogP contribution in [0.15, 0.2) is 22.7 Å². The zero-order chi connectivity index (χ0) is 13.8. The van der Waals surface area contributed by atoms with Crippen LogP contribution in [0.4, 0.5) is 0 Å². The van der Waals surface area contributed by atoms with Crippen molar-refractivity contribution in [2.75, 3.05) is 18.4 Å². The molecule has 1 aromatic rings. The average Bonchev–Trinajstić information content (AvgIpc) is 2.42. The van der Waals surface area contributed by atoms with E-state index < -0.39 is 0 Å². The molecule has 1 saturated heterocycles. The largest absolute Gasteiger partial charge is 0.338 e. The molecule has 0 bridgehead atoms. The minimum Gasteiger partial charge on any atom is -0.338 e. The lowest BCUT2D eigenvalue weighted by Crippen LogP contribution is -2.40. The summed E-state index contributed by atoms with van der Waals surface area (Å²) in [6.07, 6.45) is 3.52. The lowest BCUT2D eigenvalue weighted by molar-refractivity contribution is 0.0672. The van der Waals surface area contributed by atoms with Gasteiger partial charge in [0.05, 0.1) is 0 Å². The summed E-state index contributed by atoms with van der Waals surface area (Å²) in [5, 5.41) is 1.02. The van der Waals surface area contributed by atoms with Gasteiger partial charge in [0, 0.05) is 28.5 Å². The summed E-state index contributed by atoms with van der Waals surface area (Å²) in [5.74, 6) is 0.811. The Hall–Kier alpha value is -0.350. The summed E-state index contributed by atoms with van der Waals surface area (Å²) in [4.78, 5) is 14.5. The number of hydrogen-bond donors (Lipinski definition) is 0. The Morgan fingerprint density at radius 2 is 2.26 bits per heavy atom. The number of amides is 1. The fourth-order valence-electron chi connectivity index (χ4n) is 2.55. The van der Waals surface area contributed by atoms with Crippen LogP contribution in [0.1, 0.15) is 35.2 Å². The summed E-state index contributed by atoms with van der Waals surface area (Å²) in [7, 11) is 0. The molecule has 1 fully saturated rings. The highest BCUT2D eigenvalue weighted by molar-refractivity contribution is 9.10. The zero-order valence-electron chi connectivity index (χ0n) is 11.2. The molecule has 1 amide bonds. The fraction of sp³-hybridized carbons (Fsp3) is 0.533. The number of piperidine rings is 1. The Morgan fingerprint density at radius 1 is 1.47 bits per heavy atom. The molecule has 1 atom stereocenters. The number of carbonyl (C=O) groups excluding carboxylic acids is 1. The predicted octanol–water partition coefficient (Wildman–Crippen LogP) is 4.39. The first kappa shape index (κ1) is 15.0. The Bertz CT molecular complexity index is 459. The van der Waals surface area contributed by atoms with Crippen LogP contribution in [0.5, 0.6) is 0 Å². The van der Waals surface area contributed by atoms with Gasteiger partial charge in [-0.15, -0.1) is 0 Å². The maximum Gasteiger partial charge on any atom is 0.253 e. The normalized spacial score (nSPS) is 19.5. The number of likely N-dealkylation sites (tertiary alicyclic amines) is 1. The third-order valence-electron chi connectivity index (χ3n) is 3.74. The highest BCUT2D eigenvalue weighted by atomic mass is 79.9. The highest BCUT2D eigenvalue weighted by Crippen LogP contribution is 2.23. The fourth-order valence-corrected chi connectivity index (χ4v) is 3.57. The van der Waals surface area contributed by atoms with Crippen LogP contribution in [0.2, 0.25) is 0 Å². The first-order chi connectivity index (χ1) is 9.11. The maximum absolute atomic E-state index is 12.5. The van der Waals surface area contributed by atoms with Crippen LogP contribution in [-0.4, -0.2) is 29.2 Å². The van der Waals surface area contributed by atoms with Gasteiger partial charge in [0.1, 0.15) is 0 Å². The molecule has 1 aliphatic rings. The Labute approximate surface area is 131 Å². The predicted molar refractivity (Wildman–Crippen MR) is 85.9 cm³/mol. The highest BCUT2D eigenvalue weighted by Gasteiger charge is 2.24. The molecule has 0 aromatic heterocycles. The number of nitrogens with zero attached hydrogens (tertiary/aromatic N) is 1. The van der Waals surface area contributed by atoms with Crippen molar-refractivity contribution >= 4 is 37.8 Å². The van der Waals surface area contributed by atoms with Gasteiger partial charge in [0.2, 0.25) is 0 Å². The number of halogens is 2. The molecule has 0 radical (unpaired) electrons. The molecule has 2 nitrogen and oxygen atoms in total. The molecule has 2 rings (SSSR count). The van der Waals surface area contributed by atoms with Crippen LogP contribution in [0.25, 0.3) is 0 Å². The molecular weight excluding hydrogens is 370 g/mol. The molecule has 104 valence electrons. The van der Waals surface area contributed by atoms with E-state index in [2.05, 4.69) is 31.9 Å².